The Balaban J connectivity index is 1.48. The Hall–Kier alpha value is -3.52. The minimum atomic E-state index is 1.10. The highest BCUT2D eigenvalue weighted by Crippen LogP contribution is 2.28. The number of hydrogen-bond donors (Lipinski definition) is 2. The van der Waals surface area contributed by atoms with Gasteiger partial charge in [0.15, 0.2) is 0 Å². The van der Waals surface area contributed by atoms with Gasteiger partial charge in [0.1, 0.15) is 0 Å². The van der Waals surface area contributed by atoms with Crippen LogP contribution in [0.4, 0.5) is 22.7 Å². The van der Waals surface area contributed by atoms with Gasteiger partial charge in [0.25, 0.3) is 0 Å². The first-order valence-electron chi connectivity index (χ1n) is 10.4. The number of aryl methyl sites for hydroxylation is 4. The summed E-state index contributed by atoms with van der Waals surface area (Å²) in [5.74, 6) is 0. The van der Waals surface area contributed by atoms with Crippen LogP contribution in [-0.4, -0.2) is 0 Å². The maximum atomic E-state index is 3.53. The summed E-state index contributed by atoms with van der Waals surface area (Å²) in [5, 5.41) is 7.06. The highest BCUT2D eigenvalue weighted by atomic mass is 14.9. The van der Waals surface area contributed by atoms with Crippen molar-refractivity contribution in [3.05, 3.63) is 107 Å². The Kier molecular flexibility index (Phi) is 5.58. The van der Waals surface area contributed by atoms with Crippen LogP contribution >= 0.6 is 0 Å². The number of anilines is 4. The van der Waals surface area contributed by atoms with E-state index in [-0.39, 0.29) is 0 Å². The third-order valence-corrected chi connectivity index (χ3v) is 5.45. The number of nitrogens with one attached hydrogen (secondary N) is 2. The molecule has 0 radical (unpaired) electrons. The van der Waals surface area contributed by atoms with Crippen molar-refractivity contribution in [3.8, 4) is 11.1 Å². The molecule has 0 unspecified atom stereocenters. The van der Waals surface area contributed by atoms with E-state index >= 15 is 0 Å². The molecular formula is C28H28N2. The Bertz CT molecular complexity index is 1060. The van der Waals surface area contributed by atoms with E-state index in [1.165, 1.54) is 33.4 Å². The summed E-state index contributed by atoms with van der Waals surface area (Å²) in [6.45, 7) is 8.49. The molecule has 0 bridgehead atoms. The van der Waals surface area contributed by atoms with Crippen LogP contribution in [0, 0.1) is 27.7 Å². The Labute approximate surface area is 179 Å². The van der Waals surface area contributed by atoms with Gasteiger partial charge in [0, 0.05) is 22.7 Å². The van der Waals surface area contributed by atoms with Gasteiger partial charge in [-0.1, -0.05) is 48.5 Å². The average Bonchev–Trinajstić information content (AvgIpc) is 2.75. The standard InChI is InChI=1S/C28H28N2/c1-19-5-7-21(3)27(17-19)29-25-13-9-23(10-14-25)24-11-15-26(16-12-24)30-28-18-20(2)6-8-22(28)4/h5-18,29-30H,1-4H3. The third kappa shape index (κ3) is 4.55. The van der Waals surface area contributed by atoms with Crippen LogP contribution in [0.25, 0.3) is 11.1 Å². The predicted octanol–water partition coefficient (Wildman–Crippen LogP) is 8.07. The van der Waals surface area contributed by atoms with Crippen molar-refractivity contribution >= 4 is 22.7 Å². The average molecular weight is 393 g/mol. The summed E-state index contributed by atoms with van der Waals surface area (Å²) in [6.07, 6.45) is 0. The van der Waals surface area contributed by atoms with Crippen LogP contribution in [0.15, 0.2) is 84.9 Å². The number of rotatable bonds is 5. The maximum absolute atomic E-state index is 3.53. The molecule has 30 heavy (non-hydrogen) atoms. The van der Waals surface area contributed by atoms with Crippen LogP contribution in [0.1, 0.15) is 22.3 Å². The highest BCUT2D eigenvalue weighted by Gasteiger charge is 2.03. The molecule has 0 aliphatic rings. The van der Waals surface area contributed by atoms with Crippen molar-refractivity contribution in [3.63, 3.8) is 0 Å². The molecule has 0 fully saturated rings. The molecule has 4 rings (SSSR count). The molecule has 0 amide bonds. The molecule has 2 N–H and O–H groups in total. The van der Waals surface area contributed by atoms with E-state index in [0.29, 0.717) is 0 Å². The third-order valence-electron chi connectivity index (χ3n) is 5.45. The zero-order valence-electron chi connectivity index (χ0n) is 18.1. The van der Waals surface area contributed by atoms with E-state index in [2.05, 4.69) is 123 Å². The Morgan fingerprint density at radius 1 is 0.433 bits per heavy atom. The highest BCUT2D eigenvalue weighted by molar-refractivity contribution is 5.72. The summed E-state index contributed by atoms with van der Waals surface area (Å²) >= 11 is 0. The minimum Gasteiger partial charge on any atom is -0.355 e. The van der Waals surface area contributed by atoms with E-state index < -0.39 is 0 Å². The van der Waals surface area contributed by atoms with Gasteiger partial charge in [0.05, 0.1) is 0 Å². The van der Waals surface area contributed by atoms with Gasteiger partial charge >= 0.3 is 0 Å². The van der Waals surface area contributed by atoms with Crippen molar-refractivity contribution in [2.24, 2.45) is 0 Å². The fourth-order valence-electron chi connectivity index (χ4n) is 3.54. The summed E-state index contributed by atoms with van der Waals surface area (Å²) in [5.41, 5.74) is 11.9. The number of benzene rings is 4. The van der Waals surface area contributed by atoms with Crippen molar-refractivity contribution in [2.45, 2.75) is 27.7 Å². The van der Waals surface area contributed by atoms with E-state index in [0.717, 1.165) is 22.7 Å². The molecule has 0 aromatic heterocycles. The molecule has 2 nitrogen and oxygen atoms in total. The zero-order valence-corrected chi connectivity index (χ0v) is 18.1. The molecule has 2 heteroatoms. The number of hydrogen-bond acceptors (Lipinski definition) is 2. The molecule has 0 atom stereocenters. The predicted molar refractivity (Wildman–Crippen MR) is 130 cm³/mol. The van der Waals surface area contributed by atoms with Gasteiger partial charge < -0.3 is 10.6 Å². The fraction of sp³-hybridized carbons (Fsp3) is 0.143. The van der Waals surface area contributed by atoms with Crippen molar-refractivity contribution in [1.29, 1.82) is 0 Å². The van der Waals surface area contributed by atoms with Crippen LogP contribution in [0.3, 0.4) is 0 Å². The van der Waals surface area contributed by atoms with E-state index in [1.54, 1.807) is 0 Å². The fourth-order valence-corrected chi connectivity index (χ4v) is 3.54. The van der Waals surface area contributed by atoms with Gasteiger partial charge in [-0.25, -0.2) is 0 Å². The second-order valence-corrected chi connectivity index (χ2v) is 8.04. The van der Waals surface area contributed by atoms with Crippen LogP contribution < -0.4 is 10.6 Å². The summed E-state index contributed by atoms with van der Waals surface area (Å²) < 4.78 is 0. The van der Waals surface area contributed by atoms with Gasteiger partial charge in [0.2, 0.25) is 0 Å². The molecule has 0 spiro atoms. The molecule has 0 heterocycles. The molecule has 0 aliphatic carbocycles. The van der Waals surface area contributed by atoms with Crippen LogP contribution in [0.5, 0.6) is 0 Å². The normalized spacial score (nSPS) is 10.7. The zero-order chi connectivity index (χ0) is 21.1. The van der Waals surface area contributed by atoms with Crippen LogP contribution in [0.2, 0.25) is 0 Å². The van der Waals surface area contributed by atoms with E-state index in [4.69, 9.17) is 0 Å². The van der Waals surface area contributed by atoms with Crippen molar-refractivity contribution < 1.29 is 0 Å². The van der Waals surface area contributed by atoms with Crippen molar-refractivity contribution in [2.75, 3.05) is 10.6 Å². The summed E-state index contributed by atoms with van der Waals surface area (Å²) in [6, 6.07) is 30.2. The molecular weight excluding hydrogens is 364 g/mol. The first-order valence-corrected chi connectivity index (χ1v) is 10.4. The smallest absolute Gasteiger partial charge is 0.0416 e. The SMILES string of the molecule is Cc1ccc(C)c(Nc2ccc(-c3ccc(Nc4cc(C)ccc4C)cc3)cc2)c1. The Morgan fingerprint density at radius 2 is 0.800 bits per heavy atom. The lowest BCUT2D eigenvalue weighted by Gasteiger charge is -2.12. The topological polar surface area (TPSA) is 24.1 Å². The Morgan fingerprint density at radius 3 is 1.17 bits per heavy atom. The van der Waals surface area contributed by atoms with E-state index in [1.807, 2.05) is 0 Å². The van der Waals surface area contributed by atoms with E-state index in [9.17, 15) is 0 Å². The monoisotopic (exact) mass is 392 g/mol. The second-order valence-electron chi connectivity index (χ2n) is 8.04. The van der Waals surface area contributed by atoms with Crippen molar-refractivity contribution in [1.82, 2.24) is 0 Å². The first kappa shape index (κ1) is 19.8. The molecule has 4 aromatic carbocycles. The maximum Gasteiger partial charge on any atom is 0.0416 e. The molecule has 4 aromatic rings. The quantitative estimate of drug-likeness (QED) is 0.359. The van der Waals surface area contributed by atoms with Gasteiger partial charge in [-0.3, -0.25) is 0 Å². The minimum absolute atomic E-state index is 1.10. The molecule has 0 aliphatic heterocycles. The molecule has 0 saturated heterocycles. The molecule has 0 saturated carbocycles. The van der Waals surface area contributed by atoms with Gasteiger partial charge in [-0.05, 0) is 97.5 Å². The van der Waals surface area contributed by atoms with Gasteiger partial charge in [-0.15, -0.1) is 0 Å². The lowest BCUT2D eigenvalue weighted by Crippen LogP contribution is -1.94. The lowest BCUT2D eigenvalue weighted by atomic mass is 10.0. The first-order chi connectivity index (χ1) is 14.5. The summed E-state index contributed by atoms with van der Waals surface area (Å²) in [7, 11) is 0. The van der Waals surface area contributed by atoms with Gasteiger partial charge in [-0.2, -0.15) is 0 Å². The van der Waals surface area contributed by atoms with Crippen LogP contribution in [-0.2, 0) is 0 Å². The molecule has 150 valence electrons. The lowest BCUT2D eigenvalue weighted by molar-refractivity contribution is 1.37. The summed E-state index contributed by atoms with van der Waals surface area (Å²) in [4.78, 5) is 0. The largest absolute Gasteiger partial charge is 0.355 e. The second kappa shape index (κ2) is 8.46.